The summed E-state index contributed by atoms with van der Waals surface area (Å²) in [7, 11) is 0. The smallest absolute Gasteiger partial charge is 0.328 e. The predicted octanol–water partition coefficient (Wildman–Crippen LogP) is 3.38. The molecule has 0 atom stereocenters. The maximum Gasteiger partial charge on any atom is 0.328 e. The van der Waals surface area contributed by atoms with Gasteiger partial charge in [-0.2, -0.15) is 0 Å². The standard InChI is InChI=1S/C12H20O2/c1-2-3-4-5-6-10-7-11(8-10)9-12(13)14/h9-10H,2-8H2,1H3,(H,13,14). The molecular formula is C12H20O2. The van der Waals surface area contributed by atoms with Gasteiger partial charge in [0.1, 0.15) is 0 Å². The van der Waals surface area contributed by atoms with Crippen LogP contribution in [0.4, 0.5) is 0 Å². The van der Waals surface area contributed by atoms with E-state index in [0.29, 0.717) is 0 Å². The normalized spacial score (nSPS) is 20.4. The van der Waals surface area contributed by atoms with E-state index in [4.69, 9.17) is 5.11 Å². The summed E-state index contributed by atoms with van der Waals surface area (Å²) in [4.78, 5) is 10.3. The highest BCUT2D eigenvalue weighted by molar-refractivity contribution is 5.80. The Hall–Kier alpha value is -0.790. The molecule has 0 aliphatic heterocycles. The molecule has 0 unspecified atom stereocenters. The zero-order valence-corrected chi connectivity index (χ0v) is 8.96. The number of allylic oxidation sites excluding steroid dienone is 1. The van der Waals surface area contributed by atoms with Crippen LogP contribution in [-0.2, 0) is 4.79 Å². The van der Waals surface area contributed by atoms with E-state index in [2.05, 4.69) is 6.92 Å². The van der Waals surface area contributed by atoms with Gasteiger partial charge in [0, 0.05) is 6.08 Å². The molecule has 0 amide bonds. The van der Waals surface area contributed by atoms with Crippen LogP contribution < -0.4 is 0 Å². The molecule has 0 aromatic rings. The number of carboxylic acids is 1. The molecule has 0 aromatic carbocycles. The third-order valence-electron chi connectivity index (χ3n) is 2.90. The first-order valence-electron chi connectivity index (χ1n) is 5.64. The zero-order valence-electron chi connectivity index (χ0n) is 8.96. The van der Waals surface area contributed by atoms with Crippen LogP contribution in [0.15, 0.2) is 11.6 Å². The van der Waals surface area contributed by atoms with Gasteiger partial charge in [-0.1, -0.05) is 38.2 Å². The highest BCUT2D eigenvalue weighted by Gasteiger charge is 2.22. The van der Waals surface area contributed by atoms with Gasteiger partial charge in [0.15, 0.2) is 0 Å². The Bertz CT molecular complexity index is 210. The van der Waals surface area contributed by atoms with Crippen molar-refractivity contribution in [3.05, 3.63) is 11.6 Å². The molecule has 1 aliphatic rings. The minimum absolute atomic E-state index is 0.775. The van der Waals surface area contributed by atoms with E-state index >= 15 is 0 Å². The Balaban J connectivity index is 2.02. The first kappa shape index (κ1) is 11.3. The average molecular weight is 196 g/mol. The van der Waals surface area contributed by atoms with Crippen LogP contribution in [-0.4, -0.2) is 11.1 Å². The van der Waals surface area contributed by atoms with E-state index in [1.165, 1.54) is 38.2 Å². The summed E-state index contributed by atoms with van der Waals surface area (Å²) in [5.74, 6) is -0.0121. The maximum atomic E-state index is 10.3. The molecule has 0 heterocycles. The van der Waals surface area contributed by atoms with E-state index < -0.39 is 5.97 Å². The van der Waals surface area contributed by atoms with E-state index in [0.717, 1.165) is 24.3 Å². The molecule has 0 aromatic heterocycles. The molecule has 0 spiro atoms. The Kier molecular flexibility index (Phi) is 4.71. The van der Waals surface area contributed by atoms with Crippen LogP contribution >= 0.6 is 0 Å². The van der Waals surface area contributed by atoms with Gasteiger partial charge in [-0.25, -0.2) is 4.79 Å². The van der Waals surface area contributed by atoms with Gasteiger partial charge in [0.05, 0.1) is 0 Å². The minimum atomic E-state index is -0.788. The van der Waals surface area contributed by atoms with Gasteiger partial charge in [0.25, 0.3) is 0 Å². The quantitative estimate of drug-likeness (QED) is 0.522. The van der Waals surface area contributed by atoms with Crippen molar-refractivity contribution in [3.63, 3.8) is 0 Å². The number of rotatable bonds is 6. The molecule has 0 radical (unpaired) electrons. The molecule has 80 valence electrons. The fourth-order valence-electron chi connectivity index (χ4n) is 2.04. The van der Waals surface area contributed by atoms with Gasteiger partial charge in [0.2, 0.25) is 0 Å². The number of carbonyl (C=O) groups is 1. The molecule has 0 bridgehead atoms. The lowest BCUT2D eigenvalue weighted by Crippen LogP contribution is -2.15. The number of carboxylic acid groups (broad SMARTS) is 1. The van der Waals surface area contributed by atoms with Crippen LogP contribution in [0.25, 0.3) is 0 Å². The second-order valence-corrected chi connectivity index (χ2v) is 4.26. The van der Waals surface area contributed by atoms with Gasteiger partial charge >= 0.3 is 5.97 Å². The van der Waals surface area contributed by atoms with Gasteiger partial charge in [-0.15, -0.1) is 0 Å². The average Bonchev–Trinajstić information content (AvgIpc) is 2.06. The summed E-state index contributed by atoms with van der Waals surface area (Å²) in [5, 5.41) is 8.50. The van der Waals surface area contributed by atoms with Crippen LogP contribution in [0.5, 0.6) is 0 Å². The van der Waals surface area contributed by atoms with Crippen molar-refractivity contribution >= 4 is 5.97 Å². The Labute approximate surface area is 86.0 Å². The Morgan fingerprint density at radius 1 is 1.43 bits per heavy atom. The fourth-order valence-corrected chi connectivity index (χ4v) is 2.04. The van der Waals surface area contributed by atoms with Crippen molar-refractivity contribution in [2.24, 2.45) is 5.92 Å². The first-order valence-corrected chi connectivity index (χ1v) is 5.64. The van der Waals surface area contributed by atoms with Crippen LogP contribution in [0.3, 0.4) is 0 Å². The Morgan fingerprint density at radius 3 is 2.71 bits per heavy atom. The SMILES string of the molecule is CCCCCCC1CC(=CC(=O)O)C1. The molecule has 1 N–H and O–H groups in total. The van der Waals surface area contributed by atoms with Gasteiger partial charge in [-0.3, -0.25) is 0 Å². The van der Waals surface area contributed by atoms with Crippen molar-refractivity contribution in [3.8, 4) is 0 Å². The highest BCUT2D eigenvalue weighted by Crippen LogP contribution is 2.36. The molecule has 2 heteroatoms. The van der Waals surface area contributed by atoms with Gasteiger partial charge < -0.3 is 5.11 Å². The lowest BCUT2D eigenvalue weighted by atomic mass is 9.77. The third-order valence-corrected chi connectivity index (χ3v) is 2.90. The fraction of sp³-hybridized carbons (Fsp3) is 0.750. The summed E-state index contributed by atoms with van der Waals surface area (Å²) < 4.78 is 0. The lowest BCUT2D eigenvalue weighted by Gasteiger charge is -2.28. The summed E-state index contributed by atoms with van der Waals surface area (Å²) in [6, 6.07) is 0. The Morgan fingerprint density at radius 2 is 2.14 bits per heavy atom. The molecule has 1 rings (SSSR count). The largest absolute Gasteiger partial charge is 0.478 e. The number of hydrogen-bond donors (Lipinski definition) is 1. The minimum Gasteiger partial charge on any atom is -0.478 e. The number of unbranched alkanes of at least 4 members (excludes halogenated alkanes) is 3. The van der Waals surface area contributed by atoms with Gasteiger partial charge in [-0.05, 0) is 25.2 Å². The predicted molar refractivity (Wildman–Crippen MR) is 57.2 cm³/mol. The maximum absolute atomic E-state index is 10.3. The second-order valence-electron chi connectivity index (χ2n) is 4.26. The molecule has 1 saturated carbocycles. The lowest BCUT2D eigenvalue weighted by molar-refractivity contribution is -0.131. The summed E-state index contributed by atoms with van der Waals surface area (Å²) in [6.45, 7) is 2.22. The van der Waals surface area contributed by atoms with Crippen LogP contribution in [0.2, 0.25) is 0 Å². The second kappa shape index (κ2) is 5.84. The molecular weight excluding hydrogens is 176 g/mol. The summed E-state index contributed by atoms with van der Waals surface area (Å²) in [6.07, 6.45) is 10.00. The summed E-state index contributed by atoms with van der Waals surface area (Å²) in [5.41, 5.74) is 1.12. The van der Waals surface area contributed by atoms with Crippen molar-refractivity contribution in [2.45, 2.75) is 51.9 Å². The monoisotopic (exact) mass is 196 g/mol. The molecule has 2 nitrogen and oxygen atoms in total. The van der Waals surface area contributed by atoms with Crippen LogP contribution in [0, 0.1) is 5.92 Å². The van der Waals surface area contributed by atoms with E-state index in [-0.39, 0.29) is 0 Å². The van der Waals surface area contributed by atoms with Crippen molar-refractivity contribution in [1.29, 1.82) is 0 Å². The zero-order chi connectivity index (χ0) is 10.4. The van der Waals surface area contributed by atoms with E-state index in [1.54, 1.807) is 0 Å². The molecule has 14 heavy (non-hydrogen) atoms. The van der Waals surface area contributed by atoms with Crippen LogP contribution in [0.1, 0.15) is 51.9 Å². The topological polar surface area (TPSA) is 37.3 Å². The van der Waals surface area contributed by atoms with Crippen molar-refractivity contribution < 1.29 is 9.90 Å². The molecule has 1 fully saturated rings. The number of aliphatic carboxylic acids is 1. The van der Waals surface area contributed by atoms with E-state index in [9.17, 15) is 4.79 Å². The van der Waals surface area contributed by atoms with E-state index in [1.807, 2.05) is 0 Å². The number of hydrogen-bond acceptors (Lipinski definition) is 1. The molecule has 1 aliphatic carbocycles. The highest BCUT2D eigenvalue weighted by atomic mass is 16.4. The molecule has 0 saturated heterocycles. The summed E-state index contributed by atoms with van der Waals surface area (Å²) >= 11 is 0. The third kappa shape index (κ3) is 3.95. The first-order chi connectivity index (χ1) is 6.72. The van der Waals surface area contributed by atoms with Crippen molar-refractivity contribution in [2.75, 3.05) is 0 Å². The van der Waals surface area contributed by atoms with Crippen molar-refractivity contribution in [1.82, 2.24) is 0 Å².